The first-order valence-electron chi connectivity index (χ1n) is 40.6. The Morgan fingerprint density at radius 3 is 1.05 bits per heavy atom. The molecular weight excluding hydrogens is 1560 g/mol. The molecular formula is C74H141N8O33P. The molecule has 1 fully saturated rings. The van der Waals surface area contributed by atoms with Gasteiger partial charge in [-0.1, -0.05) is 38.5 Å². The minimum absolute atomic E-state index is 0.0152. The number of carbonyl (C=O) groups excluding carboxylic acids is 8. The molecule has 0 radical (unpaired) electrons. The zero-order chi connectivity index (χ0) is 86.5. The topological polar surface area (TPSA) is 617 Å². The van der Waals surface area contributed by atoms with Crippen LogP contribution in [0.3, 0.4) is 0 Å². The van der Waals surface area contributed by atoms with E-state index in [2.05, 4.69) is 37.2 Å². The summed E-state index contributed by atoms with van der Waals surface area (Å²) in [5, 5.41) is 146. The Morgan fingerprint density at radius 2 is 0.724 bits per heavy atom. The number of ether oxygens (including phenoxy) is 9. The van der Waals surface area contributed by atoms with Gasteiger partial charge in [-0.2, -0.15) is 0 Å². The van der Waals surface area contributed by atoms with Gasteiger partial charge in [0.05, 0.1) is 109 Å². The molecule has 1 aliphatic rings. The summed E-state index contributed by atoms with van der Waals surface area (Å²) in [4.78, 5) is 115. The third-order valence-electron chi connectivity index (χ3n) is 18.0. The molecule has 8 amide bonds. The highest BCUT2D eigenvalue weighted by molar-refractivity contribution is 7.51. The Morgan fingerprint density at radius 1 is 0.414 bits per heavy atom. The van der Waals surface area contributed by atoms with Crippen molar-refractivity contribution in [3.8, 4) is 0 Å². The molecule has 0 aliphatic carbocycles. The number of amides is 8. The zero-order valence-electron chi connectivity index (χ0n) is 68.2. The maximum absolute atomic E-state index is 14.0. The molecule has 0 spiro atoms. The SMILES string of the molecule is C[C@@H](O)C(CO)OC(OCCCCC(=O)NCCCNC(=O)CCOCC(NC(=O)CCCCCCCCCCC(=O)N1C[C@H](O)C[C@H]1COP(C)(=O)O)(OCCC(=O)NCCCNC(=O)CCCCOC(OC(CO)[C@@H](C)O)[C@@H](O)CO)OCCC(=O)NCCCNC(=O)CCCCOC(OC(CO)[C@@H](C)O)[C@@H](O)CO)[C@@H](O)CO. The highest BCUT2D eigenvalue weighted by atomic mass is 31.2. The molecule has 0 aromatic rings. The second-order valence-corrected chi connectivity index (χ2v) is 30.5. The minimum atomic E-state index is -3.77. The Balaban J connectivity index is 3.10. The molecule has 0 bridgehead atoms. The fraction of sp³-hybridized carbons (Fsp3) is 0.892. The Bertz CT molecular complexity index is 2580. The van der Waals surface area contributed by atoms with E-state index in [4.69, 9.17) is 47.2 Å². The molecule has 1 aliphatic heterocycles. The number of aliphatic hydroxyl groups excluding tert-OH is 13. The van der Waals surface area contributed by atoms with Crippen LogP contribution in [0, 0.1) is 0 Å². The summed E-state index contributed by atoms with van der Waals surface area (Å²) in [6.07, 6.45) is -6.59. The van der Waals surface area contributed by atoms with E-state index in [0.717, 1.165) is 38.8 Å². The molecule has 680 valence electrons. The van der Waals surface area contributed by atoms with Crippen molar-refractivity contribution in [2.24, 2.45) is 0 Å². The van der Waals surface area contributed by atoms with Crippen molar-refractivity contribution in [1.82, 2.24) is 42.1 Å². The van der Waals surface area contributed by atoms with Crippen molar-refractivity contribution in [1.29, 1.82) is 0 Å². The molecule has 42 heteroatoms. The predicted molar refractivity (Wildman–Crippen MR) is 414 cm³/mol. The van der Waals surface area contributed by atoms with E-state index in [1.54, 1.807) is 0 Å². The summed E-state index contributed by atoms with van der Waals surface area (Å²) < 4.78 is 67.9. The van der Waals surface area contributed by atoms with Gasteiger partial charge in [-0.05, 0) is 97.8 Å². The fourth-order valence-corrected chi connectivity index (χ4v) is 11.6. The average molecular weight is 1700 g/mol. The van der Waals surface area contributed by atoms with Crippen LogP contribution in [0.1, 0.15) is 188 Å². The largest absolute Gasteiger partial charge is 0.394 e. The predicted octanol–water partition coefficient (Wildman–Crippen LogP) is -3.59. The van der Waals surface area contributed by atoms with E-state index < -0.39 is 169 Å². The lowest BCUT2D eigenvalue weighted by atomic mass is 10.1. The van der Waals surface area contributed by atoms with Gasteiger partial charge in [0.25, 0.3) is 5.91 Å². The van der Waals surface area contributed by atoms with Crippen LogP contribution in [0.25, 0.3) is 0 Å². The number of likely N-dealkylation sites (tertiary alicyclic amines) is 1. The average Bonchev–Trinajstić information content (AvgIpc) is 1.61. The van der Waals surface area contributed by atoms with E-state index in [-0.39, 0.29) is 173 Å². The van der Waals surface area contributed by atoms with Crippen LogP contribution in [0.15, 0.2) is 0 Å². The van der Waals surface area contributed by atoms with Crippen LogP contribution in [0.5, 0.6) is 0 Å². The molecule has 41 nitrogen and oxygen atoms in total. The van der Waals surface area contributed by atoms with Gasteiger partial charge >= 0.3 is 7.60 Å². The number of nitrogens with one attached hydrogen (secondary N) is 7. The number of aliphatic hydroxyl groups is 13. The monoisotopic (exact) mass is 1700 g/mol. The van der Waals surface area contributed by atoms with Crippen LogP contribution in [0.2, 0.25) is 0 Å². The lowest BCUT2D eigenvalue weighted by Gasteiger charge is -2.34. The van der Waals surface area contributed by atoms with E-state index in [1.165, 1.54) is 25.7 Å². The summed E-state index contributed by atoms with van der Waals surface area (Å²) in [6, 6.07) is -0.499. The Labute approximate surface area is 680 Å². The van der Waals surface area contributed by atoms with Crippen LogP contribution in [-0.2, 0) is 90.1 Å². The quantitative estimate of drug-likeness (QED) is 0.0159. The molecule has 1 rings (SSSR count). The van der Waals surface area contributed by atoms with Crippen molar-refractivity contribution in [2.45, 2.75) is 280 Å². The van der Waals surface area contributed by atoms with Crippen LogP contribution in [0.4, 0.5) is 0 Å². The van der Waals surface area contributed by atoms with Crippen molar-refractivity contribution in [2.75, 3.05) is 145 Å². The van der Waals surface area contributed by atoms with Gasteiger partial charge in [-0.25, -0.2) is 0 Å². The van der Waals surface area contributed by atoms with Gasteiger partial charge in [0.2, 0.25) is 47.3 Å². The third kappa shape index (κ3) is 54.3. The Kier molecular flexibility index (Phi) is 62.7. The molecule has 0 saturated carbocycles. The van der Waals surface area contributed by atoms with Gasteiger partial charge in [0.1, 0.15) is 43.2 Å². The standard InChI is InChI=1S/C74H141N8O33P/c1-52(89)60(47-86)113-71(57(93)44-83)107-36-16-13-22-63(96)75-30-19-33-78-66(99)27-39-106-51-74(81-69(102)25-11-9-7-5-6-8-10-12-26-70(103)82-43-56(92)42-55(82)50-112-116(4,104)105,110-40-28-67(100)79-34-20-31-76-64(97)23-14-17-37-108-72(58(94)45-84)114-61(48-87)53(2)90)111-41-29-68(101)80-35-21-32-77-65(98)24-15-18-38-109-73(59(95)46-85)115-62(49-88)54(3)91/h52-62,71-73,83-95H,5-51H2,1-4H3,(H,75,96)(H,76,97)(H,77,98)(H,78,99)(H,79,100)(H,80,101)(H,81,102)(H,104,105)/t52-,53-,54-,55+,56-,57+,58+,59+,60?,61?,62?,71?,72?,73?,74?/m1/s1. The molecule has 116 heavy (non-hydrogen) atoms. The smallest absolute Gasteiger partial charge is 0.325 e. The summed E-state index contributed by atoms with van der Waals surface area (Å²) in [5.74, 6) is -5.09. The van der Waals surface area contributed by atoms with Crippen molar-refractivity contribution in [3.05, 3.63) is 0 Å². The number of nitrogens with zero attached hydrogens (tertiary/aromatic N) is 1. The minimum Gasteiger partial charge on any atom is -0.394 e. The third-order valence-corrected chi connectivity index (χ3v) is 18.6. The molecule has 0 aromatic carbocycles. The summed E-state index contributed by atoms with van der Waals surface area (Å²) in [5.41, 5.74) is 0. The molecule has 7 unspecified atom stereocenters. The van der Waals surface area contributed by atoms with E-state index in [0.29, 0.717) is 77.0 Å². The number of carbonyl (C=O) groups is 8. The second kappa shape index (κ2) is 66.7. The molecule has 15 atom stereocenters. The highest BCUT2D eigenvalue weighted by Gasteiger charge is 2.38. The van der Waals surface area contributed by atoms with Crippen molar-refractivity contribution in [3.63, 3.8) is 0 Å². The van der Waals surface area contributed by atoms with Gasteiger partial charge in [0.15, 0.2) is 18.9 Å². The normalized spacial score (nSPS) is 17.9. The first kappa shape index (κ1) is 109. The summed E-state index contributed by atoms with van der Waals surface area (Å²) in [6.45, 7) is 0.978. The van der Waals surface area contributed by atoms with Crippen molar-refractivity contribution >= 4 is 54.9 Å². The number of hydrogen-bond acceptors (Lipinski definition) is 32. The maximum atomic E-state index is 14.0. The molecule has 0 aromatic heterocycles. The summed E-state index contributed by atoms with van der Waals surface area (Å²) in [7, 11) is -3.77. The van der Waals surface area contributed by atoms with Gasteiger partial charge in [-0.3, -0.25) is 42.9 Å². The zero-order valence-corrected chi connectivity index (χ0v) is 69.1. The maximum Gasteiger partial charge on any atom is 0.325 e. The number of β-amino-alcohol motifs (C(OH)–C–C–N with tert-alkyl or cyclic N) is 1. The van der Waals surface area contributed by atoms with Gasteiger partial charge in [-0.15, -0.1) is 0 Å². The lowest BCUT2D eigenvalue weighted by molar-refractivity contribution is -0.276. The molecule has 1 saturated heterocycles. The van der Waals surface area contributed by atoms with E-state index in [9.17, 15) is 114 Å². The number of hydrogen-bond donors (Lipinski definition) is 21. The van der Waals surface area contributed by atoms with E-state index in [1.807, 2.05) is 0 Å². The van der Waals surface area contributed by atoms with Crippen LogP contribution >= 0.6 is 7.60 Å². The first-order valence-corrected chi connectivity index (χ1v) is 42.6. The van der Waals surface area contributed by atoms with E-state index >= 15 is 0 Å². The fourth-order valence-electron chi connectivity index (χ4n) is 11.2. The van der Waals surface area contributed by atoms with Crippen LogP contribution in [-0.4, -0.2) is 360 Å². The lowest BCUT2D eigenvalue weighted by Crippen LogP contribution is -2.57. The van der Waals surface area contributed by atoms with Gasteiger partial charge < -0.3 is 161 Å². The molecule has 1 heterocycles. The Hall–Kier alpha value is -4.97. The highest BCUT2D eigenvalue weighted by Crippen LogP contribution is 2.38. The molecule has 21 N–H and O–H groups in total. The van der Waals surface area contributed by atoms with Crippen LogP contribution < -0.4 is 37.2 Å². The number of unbranched alkanes of at least 4 members (excludes halogenated alkanes) is 10. The summed E-state index contributed by atoms with van der Waals surface area (Å²) >= 11 is 0. The van der Waals surface area contributed by atoms with Gasteiger partial charge in [0, 0.05) is 111 Å². The second-order valence-electron chi connectivity index (χ2n) is 28.6. The van der Waals surface area contributed by atoms with Crippen molar-refractivity contribution < 1.29 is 161 Å². The first-order chi connectivity index (χ1) is 55.4. The number of rotatable bonds is 76.